The van der Waals surface area contributed by atoms with Crippen molar-refractivity contribution in [2.75, 3.05) is 0 Å². The molecule has 0 aliphatic carbocycles. The molecule has 0 aliphatic rings. The molecule has 20 heavy (non-hydrogen) atoms. The van der Waals surface area contributed by atoms with Crippen LogP contribution in [0, 0.1) is 17.5 Å². The summed E-state index contributed by atoms with van der Waals surface area (Å²) in [5, 5.41) is 0. The Morgan fingerprint density at radius 1 is 0.900 bits per heavy atom. The Labute approximate surface area is 122 Å². The molecule has 0 saturated heterocycles. The van der Waals surface area contributed by atoms with E-state index < -0.39 is 17.5 Å². The Kier molecular flexibility index (Phi) is 4.60. The van der Waals surface area contributed by atoms with Gasteiger partial charge in [-0.05, 0) is 29.3 Å². The van der Waals surface area contributed by atoms with Crippen molar-refractivity contribution in [3.8, 4) is 0 Å². The van der Waals surface area contributed by atoms with Gasteiger partial charge in [-0.1, -0.05) is 28.1 Å². The molecule has 1 nitrogen and oxygen atoms in total. The molecule has 5 heteroatoms. The van der Waals surface area contributed by atoms with Crippen molar-refractivity contribution < 1.29 is 18.0 Å². The Balaban J connectivity index is 2.09. The van der Waals surface area contributed by atoms with Crippen molar-refractivity contribution in [3.05, 3.63) is 69.4 Å². The van der Waals surface area contributed by atoms with E-state index in [-0.39, 0.29) is 24.2 Å². The third-order valence-corrected chi connectivity index (χ3v) is 3.54. The molecule has 0 atom stereocenters. The average molecular weight is 343 g/mol. The molecule has 2 aromatic carbocycles. The maximum atomic E-state index is 13.4. The first-order valence-electron chi connectivity index (χ1n) is 5.85. The standard InChI is InChI=1S/C15H10BrF3O/c16-14-7-11(17)3-1-9(14)5-13(20)6-10-2-4-12(18)8-15(10)19/h1-4,7-8H,5-6H2. The number of carbonyl (C=O) groups is 1. The van der Waals surface area contributed by atoms with Gasteiger partial charge in [-0.25, -0.2) is 13.2 Å². The highest BCUT2D eigenvalue weighted by molar-refractivity contribution is 9.10. The van der Waals surface area contributed by atoms with Gasteiger partial charge in [-0.15, -0.1) is 0 Å². The maximum Gasteiger partial charge on any atom is 0.141 e. The minimum absolute atomic E-state index is 0.0533. The van der Waals surface area contributed by atoms with E-state index in [4.69, 9.17) is 0 Å². The van der Waals surface area contributed by atoms with Gasteiger partial charge >= 0.3 is 0 Å². The second-order valence-corrected chi connectivity index (χ2v) is 5.22. The lowest BCUT2D eigenvalue weighted by Crippen LogP contribution is -2.08. The van der Waals surface area contributed by atoms with Gasteiger partial charge < -0.3 is 0 Å². The first-order valence-corrected chi connectivity index (χ1v) is 6.64. The predicted octanol–water partition coefficient (Wildman–Crippen LogP) is 4.22. The van der Waals surface area contributed by atoms with Crippen LogP contribution in [0.25, 0.3) is 0 Å². The highest BCUT2D eigenvalue weighted by atomic mass is 79.9. The normalized spacial score (nSPS) is 10.6. The van der Waals surface area contributed by atoms with Crippen LogP contribution in [0.4, 0.5) is 13.2 Å². The number of hydrogen-bond donors (Lipinski definition) is 0. The van der Waals surface area contributed by atoms with E-state index in [2.05, 4.69) is 15.9 Å². The van der Waals surface area contributed by atoms with E-state index in [0.29, 0.717) is 10.0 Å². The smallest absolute Gasteiger partial charge is 0.141 e. The molecule has 0 fully saturated rings. The molecule has 0 bridgehead atoms. The molecule has 2 aromatic rings. The van der Waals surface area contributed by atoms with Crippen LogP contribution in [0.5, 0.6) is 0 Å². The summed E-state index contributed by atoms with van der Waals surface area (Å²) in [5.41, 5.74) is 0.772. The molecule has 0 unspecified atom stereocenters. The van der Waals surface area contributed by atoms with E-state index in [1.165, 1.54) is 24.3 Å². The third kappa shape index (κ3) is 3.70. The first kappa shape index (κ1) is 14.8. The summed E-state index contributed by atoms with van der Waals surface area (Å²) < 4.78 is 39.6. The molecule has 0 heterocycles. The van der Waals surface area contributed by atoms with Crippen LogP contribution in [0.15, 0.2) is 40.9 Å². The summed E-state index contributed by atoms with van der Waals surface area (Å²) >= 11 is 3.17. The van der Waals surface area contributed by atoms with E-state index in [1.807, 2.05) is 0 Å². The summed E-state index contributed by atoms with van der Waals surface area (Å²) in [6, 6.07) is 7.13. The van der Waals surface area contributed by atoms with Crippen LogP contribution in [0.1, 0.15) is 11.1 Å². The van der Waals surface area contributed by atoms with Crippen molar-refractivity contribution in [2.24, 2.45) is 0 Å². The minimum atomic E-state index is -0.739. The molecule has 0 N–H and O–H groups in total. The number of carbonyl (C=O) groups excluding carboxylic acids is 1. The molecular formula is C15H10BrF3O. The van der Waals surface area contributed by atoms with Gasteiger partial charge in [0.2, 0.25) is 0 Å². The van der Waals surface area contributed by atoms with Gasteiger partial charge in [0.15, 0.2) is 0 Å². The summed E-state index contributed by atoms with van der Waals surface area (Å²) in [4.78, 5) is 11.9. The fraction of sp³-hybridized carbons (Fsp3) is 0.133. The highest BCUT2D eigenvalue weighted by Crippen LogP contribution is 2.19. The lowest BCUT2D eigenvalue weighted by molar-refractivity contribution is -0.117. The number of benzene rings is 2. The number of hydrogen-bond acceptors (Lipinski definition) is 1. The molecule has 0 saturated carbocycles. The average Bonchev–Trinajstić information content (AvgIpc) is 2.36. The van der Waals surface area contributed by atoms with Crippen molar-refractivity contribution >= 4 is 21.7 Å². The van der Waals surface area contributed by atoms with E-state index in [0.717, 1.165) is 12.1 Å². The Morgan fingerprint density at radius 3 is 2.05 bits per heavy atom. The van der Waals surface area contributed by atoms with Crippen molar-refractivity contribution in [3.63, 3.8) is 0 Å². The minimum Gasteiger partial charge on any atom is -0.299 e. The molecule has 0 radical (unpaired) electrons. The first-order chi connectivity index (χ1) is 9.45. The summed E-state index contributed by atoms with van der Waals surface area (Å²) in [7, 11) is 0. The van der Waals surface area contributed by atoms with Crippen molar-refractivity contribution in [1.29, 1.82) is 0 Å². The Bertz CT molecular complexity index is 600. The number of halogens is 4. The Hall–Kier alpha value is -1.62. The van der Waals surface area contributed by atoms with Crippen molar-refractivity contribution in [2.45, 2.75) is 12.8 Å². The van der Waals surface area contributed by atoms with Crippen LogP contribution in [-0.4, -0.2) is 5.78 Å². The summed E-state index contributed by atoms with van der Waals surface area (Å²) in [6.07, 6.45) is -0.0758. The lowest BCUT2D eigenvalue weighted by atomic mass is 10.0. The quantitative estimate of drug-likeness (QED) is 0.812. The van der Waals surface area contributed by atoms with Gasteiger partial charge in [0.25, 0.3) is 0 Å². The van der Waals surface area contributed by atoms with Crippen LogP contribution >= 0.6 is 15.9 Å². The molecule has 2 rings (SSSR count). The summed E-state index contributed by atoms with van der Waals surface area (Å²) in [6.45, 7) is 0. The molecule has 0 amide bonds. The molecule has 0 aromatic heterocycles. The predicted molar refractivity (Wildman–Crippen MR) is 72.9 cm³/mol. The molecular weight excluding hydrogens is 333 g/mol. The SMILES string of the molecule is O=C(Cc1ccc(F)cc1F)Cc1ccc(F)cc1Br. The van der Waals surface area contributed by atoms with E-state index in [1.54, 1.807) is 0 Å². The highest BCUT2D eigenvalue weighted by Gasteiger charge is 2.12. The van der Waals surface area contributed by atoms with Crippen LogP contribution < -0.4 is 0 Å². The van der Waals surface area contributed by atoms with E-state index in [9.17, 15) is 18.0 Å². The van der Waals surface area contributed by atoms with Crippen molar-refractivity contribution in [1.82, 2.24) is 0 Å². The maximum absolute atomic E-state index is 13.4. The fourth-order valence-electron chi connectivity index (χ4n) is 1.82. The van der Waals surface area contributed by atoms with Crippen LogP contribution in [0.3, 0.4) is 0 Å². The third-order valence-electron chi connectivity index (χ3n) is 2.81. The topological polar surface area (TPSA) is 17.1 Å². The molecule has 0 aliphatic heterocycles. The zero-order valence-corrected chi connectivity index (χ0v) is 11.9. The van der Waals surface area contributed by atoms with Gasteiger partial charge in [0.1, 0.15) is 23.2 Å². The van der Waals surface area contributed by atoms with E-state index >= 15 is 0 Å². The summed E-state index contributed by atoms with van der Waals surface area (Å²) in [5.74, 6) is -2.06. The fourth-order valence-corrected chi connectivity index (χ4v) is 2.31. The van der Waals surface area contributed by atoms with Gasteiger partial charge in [-0.2, -0.15) is 0 Å². The molecule has 104 valence electrons. The monoisotopic (exact) mass is 342 g/mol. The second kappa shape index (κ2) is 6.22. The molecule has 0 spiro atoms. The number of rotatable bonds is 4. The zero-order chi connectivity index (χ0) is 14.7. The van der Waals surface area contributed by atoms with Crippen LogP contribution in [0.2, 0.25) is 0 Å². The lowest BCUT2D eigenvalue weighted by Gasteiger charge is -2.05. The van der Waals surface area contributed by atoms with Crippen LogP contribution in [-0.2, 0) is 17.6 Å². The zero-order valence-electron chi connectivity index (χ0n) is 10.3. The largest absolute Gasteiger partial charge is 0.299 e. The second-order valence-electron chi connectivity index (χ2n) is 4.36. The number of ketones is 1. The van der Waals surface area contributed by atoms with Gasteiger partial charge in [0, 0.05) is 23.4 Å². The Morgan fingerprint density at radius 2 is 1.45 bits per heavy atom. The van der Waals surface area contributed by atoms with Gasteiger partial charge in [0.05, 0.1) is 0 Å². The van der Waals surface area contributed by atoms with Gasteiger partial charge in [-0.3, -0.25) is 4.79 Å². The number of Topliss-reactive ketones (excluding diaryl/α,β-unsaturated/α-hetero) is 1.